The first-order valence-corrected chi connectivity index (χ1v) is 28.8. The molecule has 328 valence electrons. The van der Waals surface area contributed by atoms with Gasteiger partial charge in [-0.1, -0.05) is 193 Å². The first-order chi connectivity index (χ1) is 30.8. The van der Waals surface area contributed by atoms with Gasteiger partial charge in [0.2, 0.25) is 11.8 Å². The van der Waals surface area contributed by atoms with Gasteiger partial charge in [0.05, 0.1) is 11.4 Å². The van der Waals surface area contributed by atoms with Gasteiger partial charge in [0.25, 0.3) is 0 Å². The summed E-state index contributed by atoms with van der Waals surface area (Å²) in [7, 11) is 0. The van der Waals surface area contributed by atoms with E-state index < -0.39 is 12.1 Å². The first kappa shape index (κ1) is 44.7. The molecule has 0 aromatic heterocycles. The molecule has 0 bridgehead atoms. The van der Waals surface area contributed by atoms with Crippen LogP contribution in [0.25, 0.3) is 0 Å². The summed E-state index contributed by atoms with van der Waals surface area (Å²) in [6, 6.07) is 48.4. The maximum atomic E-state index is 12.9. The van der Waals surface area contributed by atoms with Crippen LogP contribution < -0.4 is 31.0 Å². The minimum atomic E-state index is -2.12. The van der Waals surface area contributed by atoms with Gasteiger partial charge in [0.15, 0.2) is 0 Å². The number of amides is 2. The standard InChI is InChI=1S/2C28H30NOPS/c2*1-19-17-20(2)28-24(18-19)27-25(29(28)21(3)30)15-10-16-26(27)31(32,22-11-6-4-7-12-22)23-13-8-5-9-14-23/h2*4-9,11-14,17-18,25-27H,10,15-16H2,1-3H3/t2*25-,26-,27-/m10/s1. The Labute approximate surface area is 391 Å². The van der Waals surface area contributed by atoms with Gasteiger partial charge in [0, 0.05) is 61.2 Å². The molecule has 64 heavy (non-hydrogen) atoms. The monoisotopic (exact) mass is 918 g/mol. The van der Waals surface area contributed by atoms with E-state index in [0.29, 0.717) is 11.3 Å². The quantitative estimate of drug-likeness (QED) is 0.156. The molecule has 4 aliphatic rings. The van der Waals surface area contributed by atoms with Crippen LogP contribution in [-0.2, 0) is 33.2 Å². The molecule has 4 nitrogen and oxygen atoms in total. The summed E-state index contributed by atoms with van der Waals surface area (Å²) in [6.45, 7) is 12.1. The number of hydrogen-bond donors (Lipinski definition) is 0. The molecule has 0 unspecified atom stereocenters. The highest BCUT2D eigenvalue weighted by molar-refractivity contribution is 8.22. The molecule has 0 saturated heterocycles. The van der Waals surface area contributed by atoms with Crippen LogP contribution in [-0.4, -0.2) is 35.2 Å². The minimum absolute atomic E-state index is 0.152. The Morgan fingerprint density at radius 3 is 1.05 bits per heavy atom. The lowest BCUT2D eigenvalue weighted by Gasteiger charge is -2.43. The fraction of sp³-hybridized carbons (Fsp3) is 0.321. The second kappa shape index (κ2) is 18.1. The molecule has 0 spiro atoms. The van der Waals surface area contributed by atoms with Crippen LogP contribution in [0.5, 0.6) is 0 Å². The van der Waals surface area contributed by atoms with Gasteiger partial charge in [-0.25, -0.2) is 0 Å². The smallest absolute Gasteiger partial charge is 0.224 e. The molecular formula is C56H60N2O2P2S2. The summed E-state index contributed by atoms with van der Waals surface area (Å²) < 4.78 is 0. The van der Waals surface area contributed by atoms with Crippen molar-refractivity contribution < 1.29 is 9.59 Å². The van der Waals surface area contributed by atoms with Crippen molar-refractivity contribution in [3.05, 3.63) is 179 Å². The number of benzene rings is 6. The van der Waals surface area contributed by atoms with Crippen LogP contribution >= 0.6 is 12.1 Å². The van der Waals surface area contributed by atoms with E-state index >= 15 is 0 Å². The van der Waals surface area contributed by atoms with Crippen LogP contribution in [0.4, 0.5) is 11.4 Å². The summed E-state index contributed by atoms with van der Waals surface area (Å²) in [5, 5.41) is 5.16. The highest BCUT2D eigenvalue weighted by Crippen LogP contribution is 2.64. The van der Waals surface area contributed by atoms with Crippen molar-refractivity contribution in [3.8, 4) is 0 Å². The Balaban J connectivity index is 0.000000162. The zero-order chi connectivity index (χ0) is 44.9. The van der Waals surface area contributed by atoms with Gasteiger partial charge < -0.3 is 9.80 Å². The van der Waals surface area contributed by atoms with Crippen LogP contribution in [0.2, 0.25) is 0 Å². The van der Waals surface area contributed by atoms with Crippen LogP contribution in [0.15, 0.2) is 146 Å². The number of nitrogens with zero attached hydrogens (tertiary/aromatic N) is 2. The molecule has 2 aliphatic heterocycles. The molecule has 2 aliphatic carbocycles. The van der Waals surface area contributed by atoms with E-state index in [1.807, 2.05) is 0 Å². The van der Waals surface area contributed by atoms with Gasteiger partial charge in [-0.15, -0.1) is 0 Å². The number of anilines is 2. The van der Waals surface area contributed by atoms with E-state index in [1.165, 1.54) is 54.6 Å². The largest absolute Gasteiger partial charge is 0.308 e. The second-order valence-corrected chi connectivity index (χ2v) is 28.1. The molecule has 6 aromatic rings. The average molecular weight is 919 g/mol. The lowest BCUT2D eigenvalue weighted by molar-refractivity contribution is -0.117. The fourth-order valence-corrected chi connectivity index (χ4v) is 22.6. The Hall–Kier alpha value is -4.44. The summed E-state index contributed by atoms with van der Waals surface area (Å²) in [4.78, 5) is 30.0. The number of carbonyl (C=O) groups excluding carboxylic acids is 2. The predicted octanol–water partition coefficient (Wildman–Crippen LogP) is 11.6. The van der Waals surface area contributed by atoms with Gasteiger partial charge >= 0.3 is 0 Å². The number of rotatable bonds is 6. The Morgan fingerprint density at radius 2 is 0.766 bits per heavy atom. The molecule has 2 amide bonds. The molecule has 2 fully saturated rings. The van der Waals surface area contributed by atoms with Crippen molar-refractivity contribution in [1.29, 1.82) is 0 Å². The summed E-state index contributed by atoms with van der Waals surface area (Å²) in [5.74, 6) is 0.873. The third kappa shape index (κ3) is 7.61. The molecule has 10 rings (SSSR count). The zero-order valence-electron chi connectivity index (χ0n) is 38.0. The number of fused-ring (bicyclic) bond motifs is 6. The van der Waals surface area contributed by atoms with Crippen molar-refractivity contribution in [2.45, 2.75) is 115 Å². The molecule has 2 saturated carbocycles. The summed E-state index contributed by atoms with van der Waals surface area (Å²) in [6.07, 6.45) is 6.54. The normalized spacial score (nSPS) is 22.3. The SMILES string of the molecule is CC(=O)N1c2c(C)cc(C)cc2[C@@H]2[C@H]1CCC[C@H]2P(=S)(c1ccccc1)c1ccccc1.CC(=O)N1c2c(C)cc(C)cc2[C@H]2[C@@H]1CCC[C@@H]2P(=S)(c1ccccc1)c1ccccc1. The highest BCUT2D eigenvalue weighted by atomic mass is 32.4. The predicted molar refractivity (Wildman–Crippen MR) is 279 cm³/mol. The lowest BCUT2D eigenvalue weighted by atomic mass is 9.81. The highest BCUT2D eigenvalue weighted by Gasteiger charge is 2.53. The molecule has 0 radical (unpaired) electrons. The van der Waals surface area contributed by atoms with Gasteiger partial charge in [-0.2, -0.15) is 0 Å². The van der Waals surface area contributed by atoms with Gasteiger partial charge in [-0.05, 0) is 96.9 Å². The van der Waals surface area contributed by atoms with Gasteiger partial charge in [-0.3, -0.25) is 9.59 Å². The van der Waals surface area contributed by atoms with Crippen LogP contribution in [0.1, 0.15) is 97.6 Å². The third-order valence-corrected chi connectivity index (χ3v) is 26.1. The third-order valence-electron chi connectivity index (χ3n) is 14.6. The fourth-order valence-electron chi connectivity index (χ4n) is 12.5. The van der Waals surface area contributed by atoms with E-state index in [9.17, 15) is 9.59 Å². The van der Waals surface area contributed by atoms with E-state index in [-0.39, 0.29) is 35.7 Å². The van der Waals surface area contributed by atoms with Crippen molar-refractivity contribution in [2.24, 2.45) is 0 Å². The molecule has 6 aromatic carbocycles. The zero-order valence-corrected chi connectivity index (χ0v) is 41.4. The Kier molecular flexibility index (Phi) is 12.6. The van der Waals surface area contributed by atoms with Crippen LogP contribution in [0.3, 0.4) is 0 Å². The van der Waals surface area contributed by atoms with Crippen molar-refractivity contribution >= 4 is 80.1 Å². The number of aryl methyl sites for hydroxylation is 4. The molecular weight excluding hydrogens is 859 g/mol. The topological polar surface area (TPSA) is 40.6 Å². The molecule has 2 heterocycles. The molecule has 6 atom stereocenters. The maximum absolute atomic E-state index is 12.9. The summed E-state index contributed by atoms with van der Waals surface area (Å²) in [5.41, 5.74) is 10.6. The lowest BCUT2D eigenvalue weighted by Crippen LogP contribution is -2.45. The molecule has 0 N–H and O–H groups in total. The van der Waals surface area contributed by atoms with Crippen molar-refractivity contribution in [1.82, 2.24) is 0 Å². The van der Waals surface area contributed by atoms with Crippen molar-refractivity contribution in [2.75, 3.05) is 9.80 Å². The first-order valence-electron chi connectivity index (χ1n) is 23.1. The van der Waals surface area contributed by atoms with E-state index in [4.69, 9.17) is 23.6 Å². The average Bonchev–Trinajstić information content (AvgIpc) is 3.84. The van der Waals surface area contributed by atoms with E-state index in [2.05, 4.69) is 183 Å². The maximum Gasteiger partial charge on any atom is 0.224 e. The van der Waals surface area contributed by atoms with Crippen molar-refractivity contribution in [3.63, 3.8) is 0 Å². The van der Waals surface area contributed by atoms with E-state index in [1.54, 1.807) is 13.8 Å². The van der Waals surface area contributed by atoms with E-state index in [0.717, 1.165) is 49.9 Å². The molecule has 8 heteroatoms. The van der Waals surface area contributed by atoms with Gasteiger partial charge in [0.1, 0.15) is 0 Å². The Morgan fingerprint density at radius 1 is 0.469 bits per heavy atom. The summed E-state index contributed by atoms with van der Waals surface area (Å²) >= 11 is 13.6. The minimum Gasteiger partial charge on any atom is -0.308 e. The second-order valence-electron chi connectivity index (χ2n) is 18.7. The van der Waals surface area contributed by atoms with Crippen LogP contribution in [0, 0.1) is 27.7 Å². The number of carbonyl (C=O) groups is 2. The number of hydrogen-bond acceptors (Lipinski definition) is 4. The Bertz CT molecular complexity index is 2520.